The molecule has 2 N–H and O–H groups in total. The summed E-state index contributed by atoms with van der Waals surface area (Å²) < 4.78 is 1.62. The number of fused-ring (bicyclic) bond motifs is 1. The fourth-order valence-corrected chi connectivity index (χ4v) is 3.18. The van der Waals surface area contributed by atoms with Crippen molar-refractivity contribution in [3.05, 3.63) is 76.8 Å². The third kappa shape index (κ3) is 3.79. The Morgan fingerprint density at radius 3 is 2.71 bits per heavy atom. The smallest absolute Gasteiger partial charge is 0.250 e. The number of nitrogens with zero attached hydrogens (tertiary/aromatic N) is 3. The van der Waals surface area contributed by atoms with E-state index in [0.29, 0.717) is 11.0 Å². The van der Waals surface area contributed by atoms with Crippen molar-refractivity contribution in [2.45, 2.75) is 12.5 Å². The monoisotopic (exact) mass is 393 g/mol. The van der Waals surface area contributed by atoms with Crippen LogP contribution in [0.15, 0.2) is 60.7 Å². The van der Waals surface area contributed by atoms with E-state index < -0.39 is 5.91 Å². The number of hydrogen-bond donors (Lipinski definition) is 2. The number of aromatic nitrogens is 3. The fraction of sp³-hybridized carbons (Fsp3) is 0.100. The largest absolute Gasteiger partial charge is 0.295 e. The van der Waals surface area contributed by atoms with Crippen molar-refractivity contribution in [2.24, 2.45) is 0 Å². The van der Waals surface area contributed by atoms with Crippen LogP contribution in [0.3, 0.4) is 0 Å². The lowest BCUT2D eigenvalue weighted by Crippen LogP contribution is -2.29. The van der Waals surface area contributed by atoms with Gasteiger partial charge in [0.1, 0.15) is 0 Å². The van der Waals surface area contributed by atoms with Crippen molar-refractivity contribution in [3.63, 3.8) is 0 Å². The second-order valence-corrected chi connectivity index (χ2v) is 6.63. The molecule has 0 saturated carbocycles. The van der Waals surface area contributed by atoms with Gasteiger partial charge in [0.15, 0.2) is 0 Å². The Balaban J connectivity index is 1.54. The van der Waals surface area contributed by atoms with Gasteiger partial charge in [0.25, 0.3) is 11.9 Å². The quantitative estimate of drug-likeness (QED) is 0.664. The molecular weight excluding hydrogens is 378 g/mol. The molecule has 7 nitrogen and oxygen atoms in total. The summed E-state index contributed by atoms with van der Waals surface area (Å²) >= 11 is 6.07. The van der Waals surface area contributed by atoms with Gasteiger partial charge in [-0.05, 0) is 23.3 Å². The van der Waals surface area contributed by atoms with Crippen LogP contribution in [0.4, 0.5) is 11.9 Å². The molecule has 1 aromatic heterocycles. The van der Waals surface area contributed by atoms with Gasteiger partial charge in [0.05, 0.1) is 12.5 Å². The first kappa shape index (κ1) is 17.9. The van der Waals surface area contributed by atoms with E-state index in [9.17, 15) is 9.59 Å². The zero-order chi connectivity index (χ0) is 19.5. The van der Waals surface area contributed by atoms with Gasteiger partial charge in [-0.1, -0.05) is 60.1 Å². The van der Waals surface area contributed by atoms with E-state index >= 15 is 0 Å². The third-order valence-electron chi connectivity index (χ3n) is 4.30. The number of hydrogen-bond acceptors (Lipinski definition) is 4. The lowest BCUT2D eigenvalue weighted by atomic mass is 10.0. The zero-order valence-electron chi connectivity index (χ0n) is 14.7. The standard InChI is InChI=1S/C20H16ClN5O2/c21-15-9-5-4-6-13(15)10-11-17(27)22-19-24-20-23-18(28)12-16(26(20)25-19)14-7-2-1-3-8-14/h1-11,16H,12H2,(H2,22,23,24,25,27,28)/b11-10+. The molecule has 1 atom stereocenters. The van der Waals surface area contributed by atoms with Crippen LogP contribution in [0.25, 0.3) is 6.08 Å². The number of nitrogens with one attached hydrogen (secondary N) is 2. The highest BCUT2D eigenvalue weighted by Gasteiger charge is 2.29. The average Bonchev–Trinajstić information content (AvgIpc) is 3.09. The van der Waals surface area contributed by atoms with Gasteiger partial charge in [0.2, 0.25) is 11.9 Å². The summed E-state index contributed by atoms with van der Waals surface area (Å²) in [6.45, 7) is 0. The van der Waals surface area contributed by atoms with Crippen molar-refractivity contribution < 1.29 is 9.59 Å². The first-order valence-electron chi connectivity index (χ1n) is 8.65. The lowest BCUT2D eigenvalue weighted by molar-refractivity contribution is -0.117. The summed E-state index contributed by atoms with van der Waals surface area (Å²) in [6.07, 6.45) is 3.22. The molecular formula is C20H16ClN5O2. The molecule has 2 amide bonds. The van der Waals surface area contributed by atoms with Gasteiger partial charge in [-0.15, -0.1) is 5.10 Å². The summed E-state index contributed by atoms with van der Waals surface area (Å²) in [5, 5.41) is 10.2. The van der Waals surface area contributed by atoms with E-state index in [0.717, 1.165) is 11.1 Å². The predicted octanol–water partition coefficient (Wildman–Crippen LogP) is 3.52. The van der Waals surface area contributed by atoms with E-state index in [-0.39, 0.29) is 24.3 Å². The summed E-state index contributed by atoms with van der Waals surface area (Å²) in [4.78, 5) is 28.5. The first-order valence-corrected chi connectivity index (χ1v) is 9.03. The summed E-state index contributed by atoms with van der Waals surface area (Å²) in [7, 11) is 0. The van der Waals surface area contributed by atoms with E-state index in [2.05, 4.69) is 20.7 Å². The minimum absolute atomic E-state index is 0.118. The number of anilines is 2. The van der Waals surface area contributed by atoms with Crippen LogP contribution < -0.4 is 10.6 Å². The maximum atomic E-state index is 12.2. The molecule has 8 heteroatoms. The van der Waals surface area contributed by atoms with Crippen molar-refractivity contribution in [2.75, 3.05) is 10.6 Å². The molecule has 4 rings (SSSR count). The maximum absolute atomic E-state index is 12.2. The Bertz CT molecular complexity index is 1060. The zero-order valence-corrected chi connectivity index (χ0v) is 15.4. The van der Waals surface area contributed by atoms with Crippen LogP contribution in [0.2, 0.25) is 5.02 Å². The second-order valence-electron chi connectivity index (χ2n) is 6.23. The number of carbonyl (C=O) groups is 2. The third-order valence-corrected chi connectivity index (χ3v) is 4.64. The molecule has 0 radical (unpaired) electrons. The van der Waals surface area contributed by atoms with E-state index in [4.69, 9.17) is 11.6 Å². The molecule has 28 heavy (non-hydrogen) atoms. The van der Waals surface area contributed by atoms with Gasteiger partial charge in [-0.25, -0.2) is 4.68 Å². The average molecular weight is 394 g/mol. The molecule has 1 aliphatic rings. The van der Waals surface area contributed by atoms with Crippen LogP contribution >= 0.6 is 11.6 Å². The molecule has 140 valence electrons. The fourth-order valence-electron chi connectivity index (χ4n) is 2.98. The topological polar surface area (TPSA) is 88.9 Å². The van der Waals surface area contributed by atoms with Gasteiger partial charge >= 0.3 is 0 Å². The van der Waals surface area contributed by atoms with Crippen molar-refractivity contribution in [3.8, 4) is 0 Å². The minimum Gasteiger partial charge on any atom is -0.295 e. The predicted molar refractivity (Wildman–Crippen MR) is 107 cm³/mol. The van der Waals surface area contributed by atoms with Gasteiger partial charge in [-0.3, -0.25) is 20.2 Å². The Labute approximate surface area is 166 Å². The molecule has 0 saturated heterocycles. The van der Waals surface area contributed by atoms with E-state index in [1.54, 1.807) is 22.9 Å². The van der Waals surface area contributed by atoms with E-state index in [1.807, 2.05) is 42.5 Å². The maximum Gasteiger partial charge on any atom is 0.250 e. The Hall–Kier alpha value is -3.45. The highest BCUT2D eigenvalue weighted by Crippen LogP contribution is 2.29. The van der Waals surface area contributed by atoms with Crippen molar-refractivity contribution in [1.29, 1.82) is 0 Å². The molecule has 2 heterocycles. The molecule has 0 aliphatic carbocycles. The van der Waals surface area contributed by atoms with E-state index in [1.165, 1.54) is 6.08 Å². The minimum atomic E-state index is -0.398. The summed E-state index contributed by atoms with van der Waals surface area (Å²) in [5.41, 5.74) is 1.67. The molecule has 0 fully saturated rings. The lowest BCUT2D eigenvalue weighted by Gasteiger charge is -2.23. The highest BCUT2D eigenvalue weighted by atomic mass is 35.5. The van der Waals surface area contributed by atoms with Gasteiger partial charge in [0, 0.05) is 11.1 Å². The van der Waals surface area contributed by atoms with Gasteiger partial charge in [-0.2, -0.15) is 4.98 Å². The van der Waals surface area contributed by atoms with Crippen LogP contribution in [0.1, 0.15) is 23.6 Å². The normalized spacial score (nSPS) is 15.9. The van der Waals surface area contributed by atoms with Gasteiger partial charge < -0.3 is 0 Å². The number of benzene rings is 2. The van der Waals surface area contributed by atoms with Crippen molar-refractivity contribution >= 4 is 41.4 Å². The second kappa shape index (κ2) is 7.66. The first-order chi connectivity index (χ1) is 13.6. The Kier molecular flexibility index (Phi) is 4.90. The summed E-state index contributed by atoms with van der Waals surface area (Å²) in [6, 6.07) is 16.5. The molecule has 0 bridgehead atoms. The number of rotatable bonds is 4. The Morgan fingerprint density at radius 1 is 1.18 bits per heavy atom. The molecule has 0 spiro atoms. The van der Waals surface area contributed by atoms with Crippen LogP contribution in [0, 0.1) is 0 Å². The van der Waals surface area contributed by atoms with Crippen LogP contribution in [-0.4, -0.2) is 26.6 Å². The molecule has 1 aliphatic heterocycles. The van der Waals surface area contributed by atoms with Crippen LogP contribution in [0.5, 0.6) is 0 Å². The number of amides is 2. The highest BCUT2D eigenvalue weighted by molar-refractivity contribution is 6.32. The molecule has 3 aromatic rings. The van der Waals surface area contributed by atoms with Crippen molar-refractivity contribution in [1.82, 2.24) is 14.8 Å². The SMILES string of the molecule is O=C(/C=C/c1ccccc1Cl)Nc1nc2n(n1)C(c1ccccc1)CC(=O)N2. The van der Waals surface area contributed by atoms with Crippen LogP contribution in [-0.2, 0) is 9.59 Å². The Morgan fingerprint density at radius 2 is 1.93 bits per heavy atom. The summed E-state index contributed by atoms with van der Waals surface area (Å²) in [5.74, 6) is -0.127. The number of halogens is 1. The molecule has 2 aromatic carbocycles. The number of carbonyl (C=O) groups excluding carboxylic acids is 2. The molecule has 1 unspecified atom stereocenters.